The highest BCUT2D eigenvalue weighted by molar-refractivity contribution is 5.76. The maximum atomic E-state index is 11.9. The van der Waals surface area contributed by atoms with Crippen LogP contribution in [0.15, 0.2) is 0 Å². The Balaban J connectivity index is 2.44. The van der Waals surface area contributed by atoms with Gasteiger partial charge in [-0.2, -0.15) is 0 Å². The van der Waals surface area contributed by atoms with E-state index in [1.807, 2.05) is 0 Å². The molecule has 18 heavy (non-hydrogen) atoms. The number of carbonyl (C=O) groups excluding carboxylic acids is 1. The second-order valence-corrected chi connectivity index (χ2v) is 6.68. The summed E-state index contributed by atoms with van der Waals surface area (Å²) in [5, 5.41) is 3.25. The molecule has 3 nitrogen and oxygen atoms in total. The lowest BCUT2D eigenvalue weighted by Gasteiger charge is -2.40. The first-order chi connectivity index (χ1) is 8.45. The first-order valence-electron chi connectivity index (χ1n) is 7.44. The lowest BCUT2D eigenvalue weighted by Crippen LogP contribution is -2.46. The summed E-state index contributed by atoms with van der Waals surface area (Å²) in [4.78, 5) is 11.9. The molecule has 1 saturated carbocycles. The third kappa shape index (κ3) is 4.97. The number of hydrogen-bond donors (Lipinski definition) is 2. The molecule has 1 aliphatic carbocycles. The summed E-state index contributed by atoms with van der Waals surface area (Å²) in [5.41, 5.74) is 5.73. The summed E-state index contributed by atoms with van der Waals surface area (Å²) in [7, 11) is 0. The Kier molecular flexibility index (Phi) is 6.13. The van der Waals surface area contributed by atoms with E-state index in [0.717, 1.165) is 19.3 Å². The molecule has 0 saturated heterocycles. The van der Waals surface area contributed by atoms with Crippen LogP contribution in [0.3, 0.4) is 0 Å². The van der Waals surface area contributed by atoms with E-state index in [-0.39, 0.29) is 11.3 Å². The molecule has 1 amide bonds. The van der Waals surface area contributed by atoms with Crippen molar-refractivity contribution in [2.45, 2.75) is 71.8 Å². The minimum Gasteiger partial charge on any atom is -0.353 e. The summed E-state index contributed by atoms with van der Waals surface area (Å²) in [6.45, 7) is 7.55. The fourth-order valence-electron chi connectivity index (χ4n) is 3.05. The van der Waals surface area contributed by atoms with E-state index in [1.165, 1.54) is 19.3 Å². The molecule has 0 heterocycles. The van der Waals surface area contributed by atoms with Gasteiger partial charge >= 0.3 is 0 Å². The zero-order chi connectivity index (χ0) is 13.6. The predicted octanol–water partition coefficient (Wildman–Crippen LogP) is 2.84. The van der Waals surface area contributed by atoms with Crippen molar-refractivity contribution >= 4 is 5.91 Å². The summed E-state index contributed by atoms with van der Waals surface area (Å²) >= 11 is 0. The highest BCUT2D eigenvalue weighted by atomic mass is 16.1. The number of carbonyl (C=O) groups is 1. The van der Waals surface area contributed by atoms with Crippen LogP contribution in [-0.2, 0) is 4.79 Å². The Bertz CT molecular complexity index is 258. The first kappa shape index (κ1) is 15.5. The molecule has 3 N–H and O–H groups in total. The molecule has 106 valence electrons. The monoisotopic (exact) mass is 254 g/mol. The van der Waals surface area contributed by atoms with Gasteiger partial charge < -0.3 is 11.1 Å². The number of rotatable bonds is 5. The van der Waals surface area contributed by atoms with E-state index in [2.05, 4.69) is 26.1 Å². The summed E-state index contributed by atoms with van der Waals surface area (Å²) < 4.78 is 0. The number of nitrogens with two attached hydrogens (primary N) is 1. The van der Waals surface area contributed by atoms with Crippen molar-refractivity contribution < 1.29 is 4.79 Å². The molecule has 0 radical (unpaired) electrons. The fourth-order valence-corrected chi connectivity index (χ4v) is 3.05. The molecule has 1 fully saturated rings. The quantitative estimate of drug-likeness (QED) is 0.741. The molecule has 0 bridgehead atoms. The minimum absolute atomic E-state index is 0.213. The van der Waals surface area contributed by atoms with Gasteiger partial charge in [-0.3, -0.25) is 4.79 Å². The molecule has 0 aromatic rings. The van der Waals surface area contributed by atoms with Crippen LogP contribution in [0.4, 0.5) is 0 Å². The van der Waals surface area contributed by atoms with Crippen LogP contribution in [-0.4, -0.2) is 18.5 Å². The number of nitrogens with one attached hydrogen (secondary N) is 1. The average Bonchev–Trinajstić information content (AvgIpc) is 2.28. The van der Waals surface area contributed by atoms with E-state index in [0.29, 0.717) is 24.9 Å². The molecule has 2 atom stereocenters. The van der Waals surface area contributed by atoms with Crippen molar-refractivity contribution in [3.05, 3.63) is 0 Å². The Morgan fingerprint density at radius 3 is 2.50 bits per heavy atom. The fraction of sp³-hybridized carbons (Fsp3) is 0.933. The number of unbranched alkanes of at least 4 members (excludes halogenated alkanes) is 1. The van der Waals surface area contributed by atoms with Crippen molar-refractivity contribution in [1.82, 2.24) is 5.32 Å². The van der Waals surface area contributed by atoms with Crippen LogP contribution in [0.25, 0.3) is 0 Å². The molecule has 2 unspecified atom stereocenters. The average molecular weight is 254 g/mol. The third-order valence-electron chi connectivity index (χ3n) is 4.08. The first-order valence-corrected chi connectivity index (χ1v) is 7.44. The van der Waals surface area contributed by atoms with Crippen LogP contribution in [0.2, 0.25) is 0 Å². The van der Waals surface area contributed by atoms with Gasteiger partial charge in [-0.05, 0) is 43.6 Å². The van der Waals surface area contributed by atoms with E-state index in [1.54, 1.807) is 0 Å². The van der Waals surface area contributed by atoms with Crippen molar-refractivity contribution in [1.29, 1.82) is 0 Å². The largest absolute Gasteiger partial charge is 0.353 e. The standard InChI is InChI=1S/C15H30N2O/c1-15(2,3)12-8-4-5-9-13(12)17-14(18)10-6-7-11-16/h12-13H,4-11,16H2,1-3H3,(H,17,18). The van der Waals surface area contributed by atoms with Crippen molar-refractivity contribution in [3.8, 4) is 0 Å². The maximum Gasteiger partial charge on any atom is 0.220 e. The van der Waals surface area contributed by atoms with Crippen LogP contribution in [0, 0.1) is 11.3 Å². The van der Waals surface area contributed by atoms with Gasteiger partial charge in [-0.15, -0.1) is 0 Å². The molecule has 0 aliphatic heterocycles. The topological polar surface area (TPSA) is 55.1 Å². The van der Waals surface area contributed by atoms with Gasteiger partial charge in [0.25, 0.3) is 0 Å². The zero-order valence-electron chi connectivity index (χ0n) is 12.3. The van der Waals surface area contributed by atoms with Crippen LogP contribution in [0.5, 0.6) is 0 Å². The van der Waals surface area contributed by atoms with E-state index < -0.39 is 0 Å². The van der Waals surface area contributed by atoms with Gasteiger partial charge in [0.15, 0.2) is 0 Å². The molecule has 0 aromatic carbocycles. The third-order valence-corrected chi connectivity index (χ3v) is 4.08. The zero-order valence-corrected chi connectivity index (χ0v) is 12.3. The van der Waals surface area contributed by atoms with Gasteiger partial charge in [0.2, 0.25) is 5.91 Å². The lowest BCUT2D eigenvalue weighted by atomic mass is 9.69. The van der Waals surface area contributed by atoms with E-state index in [9.17, 15) is 4.79 Å². The van der Waals surface area contributed by atoms with E-state index in [4.69, 9.17) is 5.73 Å². The van der Waals surface area contributed by atoms with Gasteiger partial charge in [-0.1, -0.05) is 33.6 Å². The highest BCUT2D eigenvalue weighted by Crippen LogP contribution is 2.37. The highest BCUT2D eigenvalue weighted by Gasteiger charge is 2.34. The summed E-state index contributed by atoms with van der Waals surface area (Å²) in [6.07, 6.45) is 7.43. The Hall–Kier alpha value is -0.570. The van der Waals surface area contributed by atoms with Crippen LogP contribution in [0.1, 0.15) is 65.7 Å². The maximum absolute atomic E-state index is 11.9. The summed E-state index contributed by atoms with van der Waals surface area (Å²) in [5.74, 6) is 0.828. The number of hydrogen-bond acceptors (Lipinski definition) is 2. The van der Waals surface area contributed by atoms with Crippen molar-refractivity contribution in [2.75, 3.05) is 6.54 Å². The number of amides is 1. The molecule has 1 aliphatic rings. The molecule has 1 rings (SSSR count). The van der Waals surface area contributed by atoms with E-state index >= 15 is 0 Å². The van der Waals surface area contributed by atoms with Crippen LogP contribution < -0.4 is 11.1 Å². The molecule has 0 aromatic heterocycles. The second kappa shape index (κ2) is 7.13. The predicted molar refractivity (Wildman–Crippen MR) is 76.2 cm³/mol. The van der Waals surface area contributed by atoms with Crippen molar-refractivity contribution in [3.63, 3.8) is 0 Å². The second-order valence-electron chi connectivity index (χ2n) is 6.68. The Morgan fingerprint density at radius 2 is 1.89 bits per heavy atom. The molecular formula is C15H30N2O. The SMILES string of the molecule is CC(C)(C)C1CCCCC1NC(=O)CCCCN. The normalized spacial score (nSPS) is 24.9. The molecule has 0 spiro atoms. The Morgan fingerprint density at radius 1 is 1.22 bits per heavy atom. The molecule has 3 heteroatoms. The van der Waals surface area contributed by atoms with Gasteiger partial charge in [-0.25, -0.2) is 0 Å². The Labute approximate surface area is 112 Å². The van der Waals surface area contributed by atoms with Crippen molar-refractivity contribution in [2.24, 2.45) is 17.1 Å². The smallest absolute Gasteiger partial charge is 0.220 e. The van der Waals surface area contributed by atoms with Gasteiger partial charge in [0.1, 0.15) is 0 Å². The van der Waals surface area contributed by atoms with Gasteiger partial charge in [0.05, 0.1) is 0 Å². The lowest BCUT2D eigenvalue weighted by molar-refractivity contribution is -0.122. The van der Waals surface area contributed by atoms with Crippen LogP contribution >= 0.6 is 0 Å². The summed E-state index contributed by atoms with van der Waals surface area (Å²) in [6, 6.07) is 0.379. The van der Waals surface area contributed by atoms with Gasteiger partial charge in [0, 0.05) is 12.5 Å². The molecular weight excluding hydrogens is 224 g/mol. The minimum atomic E-state index is 0.213.